The summed E-state index contributed by atoms with van der Waals surface area (Å²) in [7, 11) is 2.19. The Morgan fingerprint density at radius 2 is 2.20 bits per heavy atom. The molecule has 0 saturated carbocycles. The minimum absolute atomic E-state index is 0.244. The van der Waals surface area contributed by atoms with E-state index in [9.17, 15) is 8.78 Å². The Balaban J connectivity index is 1.71. The van der Waals surface area contributed by atoms with Crippen molar-refractivity contribution in [1.82, 2.24) is 4.90 Å². The Kier molecular flexibility index (Phi) is 3.74. The zero-order valence-corrected chi connectivity index (χ0v) is 11.6. The molecule has 2 aliphatic heterocycles. The van der Waals surface area contributed by atoms with Crippen LogP contribution in [0.1, 0.15) is 24.8 Å². The van der Waals surface area contributed by atoms with Crippen molar-refractivity contribution in [2.75, 3.05) is 7.05 Å². The Morgan fingerprint density at radius 1 is 1.35 bits per heavy atom. The molecular formula is C16H19F2NO. The van der Waals surface area contributed by atoms with Gasteiger partial charge >= 0.3 is 6.61 Å². The van der Waals surface area contributed by atoms with Gasteiger partial charge in [-0.25, -0.2) is 0 Å². The monoisotopic (exact) mass is 279 g/mol. The highest BCUT2D eigenvalue weighted by Crippen LogP contribution is 2.34. The first kappa shape index (κ1) is 13.6. The van der Waals surface area contributed by atoms with Crippen LogP contribution in [0.25, 0.3) is 0 Å². The number of rotatable bonds is 4. The van der Waals surface area contributed by atoms with Gasteiger partial charge in [-0.2, -0.15) is 8.78 Å². The maximum Gasteiger partial charge on any atom is 0.387 e. The Bertz CT molecular complexity index is 515. The molecule has 2 bridgehead atoms. The van der Waals surface area contributed by atoms with Crippen molar-refractivity contribution in [2.45, 2.75) is 44.4 Å². The van der Waals surface area contributed by atoms with Crippen molar-refractivity contribution >= 4 is 0 Å². The van der Waals surface area contributed by atoms with Crippen LogP contribution in [0.3, 0.4) is 0 Å². The molecule has 0 aromatic heterocycles. The van der Waals surface area contributed by atoms with E-state index in [1.807, 2.05) is 6.07 Å². The van der Waals surface area contributed by atoms with Crippen molar-refractivity contribution in [2.24, 2.45) is 0 Å². The molecule has 1 aromatic carbocycles. The van der Waals surface area contributed by atoms with Gasteiger partial charge in [0.25, 0.3) is 0 Å². The summed E-state index contributed by atoms with van der Waals surface area (Å²) in [5, 5.41) is 0. The number of fused-ring (bicyclic) bond motifs is 2. The molecule has 20 heavy (non-hydrogen) atoms. The molecule has 2 unspecified atom stereocenters. The topological polar surface area (TPSA) is 12.5 Å². The van der Waals surface area contributed by atoms with E-state index in [1.54, 1.807) is 18.2 Å². The summed E-state index contributed by atoms with van der Waals surface area (Å²) in [6.45, 7) is -2.76. The minimum Gasteiger partial charge on any atom is -0.435 e. The summed E-state index contributed by atoms with van der Waals surface area (Å²) in [6.07, 6.45) is 6.77. The van der Waals surface area contributed by atoms with E-state index < -0.39 is 6.61 Å². The maximum absolute atomic E-state index is 12.2. The maximum atomic E-state index is 12.2. The molecule has 2 aliphatic rings. The van der Waals surface area contributed by atoms with Crippen LogP contribution in [-0.4, -0.2) is 30.6 Å². The van der Waals surface area contributed by atoms with Gasteiger partial charge in [0.05, 0.1) is 0 Å². The second kappa shape index (κ2) is 5.52. The van der Waals surface area contributed by atoms with Crippen LogP contribution in [0.2, 0.25) is 0 Å². The lowest BCUT2D eigenvalue weighted by molar-refractivity contribution is -0.0498. The molecule has 2 heterocycles. The Hall–Kier alpha value is -1.42. The van der Waals surface area contributed by atoms with E-state index in [0.29, 0.717) is 12.1 Å². The van der Waals surface area contributed by atoms with Gasteiger partial charge in [0.15, 0.2) is 0 Å². The third-order valence-corrected chi connectivity index (χ3v) is 4.38. The number of benzene rings is 1. The van der Waals surface area contributed by atoms with Crippen LogP contribution < -0.4 is 4.74 Å². The van der Waals surface area contributed by atoms with Gasteiger partial charge in [0.2, 0.25) is 0 Å². The van der Waals surface area contributed by atoms with Gasteiger partial charge in [0, 0.05) is 12.1 Å². The first-order valence-electron chi connectivity index (χ1n) is 7.07. The Labute approximate surface area is 118 Å². The first-order valence-corrected chi connectivity index (χ1v) is 7.07. The van der Waals surface area contributed by atoms with Crippen molar-refractivity contribution in [3.05, 3.63) is 41.5 Å². The molecule has 4 heteroatoms. The van der Waals surface area contributed by atoms with Crippen LogP contribution >= 0.6 is 0 Å². The third kappa shape index (κ3) is 2.85. The summed E-state index contributed by atoms with van der Waals surface area (Å²) in [6, 6.07) is 8.25. The van der Waals surface area contributed by atoms with Crippen molar-refractivity contribution in [3.8, 4) is 5.75 Å². The number of alkyl halides is 2. The van der Waals surface area contributed by atoms with Crippen LogP contribution in [0.4, 0.5) is 8.78 Å². The molecule has 0 N–H and O–H groups in total. The van der Waals surface area contributed by atoms with E-state index >= 15 is 0 Å². The van der Waals surface area contributed by atoms with Gasteiger partial charge in [-0.3, -0.25) is 4.90 Å². The lowest BCUT2D eigenvalue weighted by atomic mass is 9.95. The molecule has 2 atom stereocenters. The zero-order chi connectivity index (χ0) is 14.1. The third-order valence-electron chi connectivity index (χ3n) is 4.38. The van der Waals surface area contributed by atoms with Crippen LogP contribution in [0.5, 0.6) is 5.75 Å². The quantitative estimate of drug-likeness (QED) is 0.780. The molecule has 1 fully saturated rings. The molecule has 108 valence electrons. The van der Waals surface area contributed by atoms with E-state index in [0.717, 1.165) is 18.4 Å². The molecule has 0 spiro atoms. The van der Waals surface area contributed by atoms with Crippen molar-refractivity contribution in [3.63, 3.8) is 0 Å². The highest BCUT2D eigenvalue weighted by molar-refractivity contribution is 5.32. The second-order valence-corrected chi connectivity index (χ2v) is 5.70. The molecule has 2 nitrogen and oxygen atoms in total. The predicted molar refractivity (Wildman–Crippen MR) is 74.1 cm³/mol. The van der Waals surface area contributed by atoms with Gasteiger partial charge in [-0.05, 0) is 50.4 Å². The number of hydrogen-bond acceptors (Lipinski definition) is 2. The Morgan fingerprint density at radius 3 is 2.95 bits per heavy atom. The lowest BCUT2D eigenvalue weighted by Gasteiger charge is -2.30. The summed E-state index contributed by atoms with van der Waals surface area (Å²) >= 11 is 0. The summed E-state index contributed by atoms with van der Waals surface area (Å²) in [5.74, 6) is 0.244. The molecule has 1 saturated heterocycles. The predicted octanol–water partition coefficient (Wildman–Crippen LogP) is 3.62. The normalized spacial score (nSPS) is 25.9. The fourth-order valence-electron chi connectivity index (χ4n) is 3.36. The van der Waals surface area contributed by atoms with Crippen molar-refractivity contribution in [1.29, 1.82) is 0 Å². The summed E-state index contributed by atoms with van der Waals surface area (Å²) in [4.78, 5) is 2.44. The van der Waals surface area contributed by atoms with Gasteiger partial charge in [-0.1, -0.05) is 23.8 Å². The number of halogens is 2. The van der Waals surface area contributed by atoms with E-state index in [4.69, 9.17) is 0 Å². The number of likely N-dealkylation sites (N-methyl/N-ethyl adjacent to an activating group) is 1. The largest absolute Gasteiger partial charge is 0.435 e. The first-order chi connectivity index (χ1) is 9.61. The molecule has 1 aromatic rings. The standard InChI is InChI=1S/C16H19F2NO/c1-19-13-5-6-14(19)9-12(8-13)7-11-3-2-4-15(10-11)20-16(17)18/h2-4,8,10,13-14,16H,5-7,9H2,1H3. The van der Waals surface area contributed by atoms with E-state index in [1.165, 1.54) is 18.4 Å². The second-order valence-electron chi connectivity index (χ2n) is 5.70. The fourth-order valence-corrected chi connectivity index (χ4v) is 3.36. The lowest BCUT2D eigenvalue weighted by Crippen LogP contribution is -2.35. The highest BCUT2D eigenvalue weighted by Gasteiger charge is 2.33. The van der Waals surface area contributed by atoms with Crippen LogP contribution in [0.15, 0.2) is 35.9 Å². The minimum atomic E-state index is -2.76. The van der Waals surface area contributed by atoms with Crippen molar-refractivity contribution < 1.29 is 13.5 Å². The summed E-state index contributed by atoms with van der Waals surface area (Å²) in [5.41, 5.74) is 2.46. The van der Waals surface area contributed by atoms with Crippen LogP contribution in [0, 0.1) is 0 Å². The zero-order valence-electron chi connectivity index (χ0n) is 11.6. The number of hydrogen-bond donors (Lipinski definition) is 0. The number of ether oxygens (including phenoxy) is 1. The van der Waals surface area contributed by atoms with Crippen LogP contribution in [-0.2, 0) is 6.42 Å². The molecule has 0 radical (unpaired) electrons. The highest BCUT2D eigenvalue weighted by atomic mass is 19.3. The van der Waals surface area contributed by atoms with Gasteiger partial charge in [0.1, 0.15) is 5.75 Å². The fraction of sp³-hybridized carbons (Fsp3) is 0.500. The summed E-state index contributed by atoms with van der Waals surface area (Å²) < 4.78 is 28.9. The SMILES string of the molecule is CN1C2C=C(Cc3cccc(OC(F)F)c3)CC1CC2. The van der Waals surface area contributed by atoms with Gasteiger partial charge < -0.3 is 4.74 Å². The molecular weight excluding hydrogens is 260 g/mol. The van der Waals surface area contributed by atoms with E-state index in [-0.39, 0.29) is 5.75 Å². The molecule has 3 rings (SSSR count). The average molecular weight is 279 g/mol. The average Bonchev–Trinajstić information content (AvgIpc) is 2.61. The molecule has 0 amide bonds. The molecule has 0 aliphatic carbocycles. The van der Waals surface area contributed by atoms with E-state index in [2.05, 4.69) is 22.8 Å². The van der Waals surface area contributed by atoms with Gasteiger partial charge in [-0.15, -0.1) is 0 Å². The smallest absolute Gasteiger partial charge is 0.387 e. The number of nitrogens with zero attached hydrogens (tertiary/aromatic N) is 1.